The smallest absolute Gasteiger partial charge is 0.233 e. The van der Waals surface area contributed by atoms with Crippen LogP contribution in [-0.4, -0.2) is 35.8 Å². The molecule has 2 atom stereocenters. The molecule has 2 amide bonds. The van der Waals surface area contributed by atoms with Gasteiger partial charge >= 0.3 is 0 Å². The Morgan fingerprint density at radius 3 is 2.00 bits per heavy atom. The van der Waals surface area contributed by atoms with Gasteiger partial charge < -0.3 is 5.32 Å². The average molecular weight is 250 g/mol. The molecule has 0 aromatic rings. The van der Waals surface area contributed by atoms with Crippen LogP contribution in [0.2, 0.25) is 0 Å². The van der Waals surface area contributed by atoms with Crippen LogP contribution >= 0.6 is 0 Å². The van der Waals surface area contributed by atoms with Crippen molar-refractivity contribution in [1.82, 2.24) is 10.2 Å². The third kappa shape index (κ3) is 1.78. The summed E-state index contributed by atoms with van der Waals surface area (Å²) in [4.78, 5) is 26.3. The van der Waals surface area contributed by atoms with Crippen molar-refractivity contribution in [1.29, 1.82) is 0 Å². The lowest BCUT2D eigenvalue weighted by Gasteiger charge is -2.33. The fourth-order valence-corrected chi connectivity index (χ4v) is 4.00. The van der Waals surface area contributed by atoms with Gasteiger partial charge in [-0.05, 0) is 45.6 Å². The second kappa shape index (κ2) is 4.65. The lowest BCUT2D eigenvalue weighted by molar-refractivity contribution is -0.143. The number of imide groups is 1. The number of rotatable bonds is 2. The SMILES string of the molecule is CNC1CCC(N2C(=O)C3CCCC3C2=O)CC1. The summed E-state index contributed by atoms with van der Waals surface area (Å²) in [5.74, 6) is 0.324. The first-order valence-corrected chi connectivity index (χ1v) is 7.26. The predicted molar refractivity (Wildman–Crippen MR) is 67.8 cm³/mol. The van der Waals surface area contributed by atoms with E-state index in [2.05, 4.69) is 5.32 Å². The largest absolute Gasteiger partial charge is 0.317 e. The fourth-order valence-electron chi connectivity index (χ4n) is 4.00. The molecule has 0 aromatic carbocycles. The van der Waals surface area contributed by atoms with Crippen molar-refractivity contribution in [2.24, 2.45) is 11.8 Å². The predicted octanol–water partition coefficient (Wildman–Crippen LogP) is 1.30. The van der Waals surface area contributed by atoms with E-state index < -0.39 is 0 Å². The second-order valence-corrected chi connectivity index (χ2v) is 5.98. The van der Waals surface area contributed by atoms with Gasteiger partial charge in [-0.2, -0.15) is 0 Å². The Balaban J connectivity index is 1.70. The Morgan fingerprint density at radius 2 is 1.50 bits per heavy atom. The van der Waals surface area contributed by atoms with Crippen molar-refractivity contribution in [2.45, 2.75) is 57.0 Å². The first-order valence-electron chi connectivity index (χ1n) is 7.26. The molecule has 1 saturated heterocycles. The van der Waals surface area contributed by atoms with Gasteiger partial charge in [0.1, 0.15) is 0 Å². The molecule has 3 rings (SSSR count). The Labute approximate surface area is 108 Å². The molecule has 2 saturated carbocycles. The molecule has 0 bridgehead atoms. The van der Waals surface area contributed by atoms with E-state index in [4.69, 9.17) is 0 Å². The first kappa shape index (κ1) is 12.2. The molecule has 1 N–H and O–H groups in total. The molecule has 4 nitrogen and oxygen atoms in total. The highest BCUT2D eigenvalue weighted by Gasteiger charge is 2.51. The summed E-state index contributed by atoms with van der Waals surface area (Å²) in [5, 5.41) is 3.29. The quantitative estimate of drug-likeness (QED) is 0.752. The molecule has 1 aliphatic heterocycles. The maximum atomic E-state index is 12.3. The van der Waals surface area contributed by atoms with Gasteiger partial charge in [0, 0.05) is 12.1 Å². The molecular formula is C14H22N2O2. The number of carbonyl (C=O) groups is 2. The van der Waals surface area contributed by atoms with E-state index in [9.17, 15) is 9.59 Å². The minimum atomic E-state index is 0.0273. The Morgan fingerprint density at radius 1 is 0.944 bits per heavy atom. The third-order valence-corrected chi connectivity index (χ3v) is 5.10. The van der Waals surface area contributed by atoms with E-state index in [0.29, 0.717) is 6.04 Å². The maximum absolute atomic E-state index is 12.3. The molecular weight excluding hydrogens is 228 g/mol. The summed E-state index contributed by atoms with van der Waals surface area (Å²) in [6.45, 7) is 0. The minimum Gasteiger partial charge on any atom is -0.317 e. The van der Waals surface area contributed by atoms with Gasteiger partial charge in [0.15, 0.2) is 0 Å². The van der Waals surface area contributed by atoms with Gasteiger partial charge in [-0.15, -0.1) is 0 Å². The van der Waals surface area contributed by atoms with E-state index in [1.54, 1.807) is 4.90 Å². The van der Waals surface area contributed by atoms with E-state index in [1.165, 1.54) is 0 Å². The highest BCUT2D eigenvalue weighted by atomic mass is 16.2. The van der Waals surface area contributed by atoms with Gasteiger partial charge in [-0.25, -0.2) is 0 Å². The van der Waals surface area contributed by atoms with Crippen LogP contribution < -0.4 is 5.32 Å². The van der Waals surface area contributed by atoms with Crippen molar-refractivity contribution in [2.75, 3.05) is 7.05 Å². The molecule has 100 valence electrons. The van der Waals surface area contributed by atoms with Crippen LogP contribution in [0.15, 0.2) is 0 Å². The number of nitrogens with one attached hydrogen (secondary N) is 1. The van der Waals surface area contributed by atoms with Crippen LogP contribution in [0, 0.1) is 11.8 Å². The topological polar surface area (TPSA) is 49.4 Å². The van der Waals surface area contributed by atoms with Crippen molar-refractivity contribution in [3.63, 3.8) is 0 Å². The monoisotopic (exact) mass is 250 g/mol. The van der Waals surface area contributed by atoms with E-state index in [-0.39, 0.29) is 29.7 Å². The zero-order valence-corrected chi connectivity index (χ0v) is 11.0. The van der Waals surface area contributed by atoms with E-state index >= 15 is 0 Å². The zero-order chi connectivity index (χ0) is 12.7. The molecule has 4 heteroatoms. The average Bonchev–Trinajstić information content (AvgIpc) is 2.95. The summed E-state index contributed by atoms with van der Waals surface area (Å²) < 4.78 is 0. The minimum absolute atomic E-state index is 0.0273. The first-order chi connectivity index (χ1) is 8.72. The third-order valence-electron chi connectivity index (χ3n) is 5.10. The van der Waals surface area contributed by atoms with Crippen LogP contribution in [0.5, 0.6) is 0 Å². The van der Waals surface area contributed by atoms with Gasteiger partial charge in [0.2, 0.25) is 11.8 Å². The lowest BCUT2D eigenvalue weighted by Crippen LogP contribution is -2.45. The normalized spacial score (nSPS) is 40.4. The van der Waals surface area contributed by atoms with Crippen molar-refractivity contribution in [3.05, 3.63) is 0 Å². The summed E-state index contributed by atoms with van der Waals surface area (Å²) in [7, 11) is 1.99. The molecule has 18 heavy (non-hydrogen) atoms. The van der Waals surface area contributed by atoms with E-state index in [1.807, 2.05) is 7.05 Å². The summed E-state index contributed by atoms with van der Waals surface area (Å²) in [6.07, 6.45) is 7.01. The van der Waals surface area contributed by atoms with Crippen molar-refractivity contribution < 1.29 is 9.59 Å². The highest BCUT2D eigenvalue weighted by Crippen LogP contribution is 2.42. The Kier molecular flexibility index (Phi) is 3.14. The molecule has 0 radical (unpaired) electrons. The molecule has 2 unspecified atom stereocenters. The molecule has 2 aliphatic carbocycles. The van der Waals surface area contributed by atoms with Crippen LogP contribution in [0.4, 0.5) is 0 Å². The van der Waals surface area contributed by atoms with Crippen LogP contribution in [-0.2, 0) is 9.59 Å². The van der Waals surface area contributed by atoms with E-state index in [0.717, 1.165) is 44.9 Å². The van der Waals surface area contributed by atoms with Gasteiger partial charge in [-0.3, -0.25) is 14.5 Å². The zero-order valence-electron chi connectivity index (χ0n) is 11.0. The maximum Gasteiger partial charge on any atom is 0.233 e. The molecule has 3 aliphatic rings. The number of carbonyl (C=O) groups excluding carboxylic acids is 2. The van der Waals surface area contributed by atoms with Gasteiger partial charge in [0.05, 0.1) is 11.8 Å². The molecule has 1 heterocycles. The van der Waals surface area contributed by atoms with Crippen LogP contribution in [0.3, 0.4) is 0 Å². The number of nitrogens with zero attached hydrogens (tertiary/aromatic N) is 1. The number of fused-ring (bicyclic) bond motifs is 1. The van der Waals surface area contributed by atoms with Gasteiger partial charge in [-0.1, -0.05) is 6.42 Å². The number of amides is 2. The molecule has 0 spiro atoms. The number of likely N-dealkylation sites (tertiary alicyclic amines) is 1. The number of hydrogen-bond donors (Lipinski definition) is 1. The van der Waals surface area contributed by atoms with Crippen molar-refractivity contribution in [3.8, 4) is 0 Å². The van der Waals surface area contributed by atoms with Crippen molar-refractivity contribution >= 4 is 11.8 Å². The highest BCUT2D eigenvalue weighted by molar-refractivity contribution is 6.05. The second-order valence-electron chi connectivity index (χ2n) is 5.98. The summed E-state index contributed by atoms with van der Waals surface area (Å²) in [6, 6.07) is 0.744. The summed E-state index contributed by atoms with van der Waals surface area (Å²) >= 11 is 0. The van der Waals surface area contributed by atoms with Crippen LogP contribution in [0.1, 0.15) is 44.9 Å². The molecule has 3 fully saturated rings. The van der Waals surface area contributed by atoms with Crippen LogP contribution in [0.25, 0.3) is 0 Å². The Bertz CT molecular complexity index is 339. The fraction of sp³-hybridized carbons (Fsp3) is 0.857. The molecule has 0 aromatic heterocycles. The van der Waals surface area contributed by atoms with Gasteiger partial charge in [0.25, 0.3) is 0 Å². The summed E-state index contributed by atoms with van der Waals surface area (Å²) in [5.41, 5.74) is 0. The number of hydrogen-bond acceptors (Lipinski definition) is 3. The standard InChI is InChI=1S/C14H22N2O2/c1-15-9-5-7-10(8-6-9)16-13(17)11-3-2-4-12(11)14(16)18/h9-12,15H,2-8H2,1H3. The lowest BCUT2D eigenvalue weighted by atomic mass is 9.90. The Hall–Kier alpha value is -0.900.